The fraction of sp³-hybridized carbons (Fsp3) is 0.400. The molecule has 0 aliphatic carbocycles. The van der Waals surface area contributed by atoms with Gasteiger partial charge in [0.15, 0.2) is 0 Å². The van der Waals surface area contributed by atoms with Gasteiger partial charge in [-0.1, -0.05) is 15.9 Å². The van der Waals surface area contributed by atoms with Crippen LogP contribution in [0, 0.1) is 5.82 Å². The van der Waals surface area contributed by atoms with E-state index in [0.717, 1.165) is 0 Å². The number of aliphatic hydroxyl groups is 1. The number of ether oxygens (including phenoxy) is 2. The topological polar surface area (TPSA) is 38.7 Å². The number of hydrogen-bond donors (Lipinski definition) is 1. The average Bonchev–Trinajstić information content (AvgIpc) is 2.14. The zero-order valence-electron chi connectivity index (χ0n) is 8.24. The van der Waals surface area contributed by atoms with Gasteiger partial charge < -0.3 is 14.6 Å². The Morgan fingerprint density at radius 3 is 2.73 bits per heavy atom. The second kappa shape index (κ2) is 6.05. The molecule has 3 nitrogen and oxygen atoms in total. The summed E-state index contributed by atoms with van der Waals surface area (Å²) in [7, 11) is 1.49. The predicted molar refractivity (Wildman–Crippen MR) is 57.5 cm³/mol. The molecule has 15 heavy (non-hydrogen) atoms. The van der Waals surface area contributed by atoms with Crippen LogP contribution in [-0.4, -0.2) is 31.5 Å². The molecule has 1 N–H and O–H groups in total. The second-order valence-electron chi connectivity index (χ2n) is 3.03. The van der Waals surface area contributed by atoms with Crippen molar-refractivity contribution in [2.24, 2.45) is 0 Å². The van der Waals surface area contributed by atoms with Crippen molar-refractivity contribution in [2.45, 2.75) is 6.10 Å². The van der Waals surface area contributed by atoms with Crippen molar-refractivity contribution < 1.29 is 19.0 Å². The molecule has 0 radical (unpaired) electrons. The molecule has 1 atom stereocenters. The zero-order valence-corrected chi connectivity index (χ0v) is 9.83. The van der Waals surface area contributed by atoms with Gasteiger partial charge in [-0.2, -0.15) is 0 Å². The molecule has 0 amide bonds. The minimum absolute atomic E-state index is 0.0731. The molecule has 0 aliphatic heterocycles. The van der Waals surface area contributed by atoms with Crippen molar-refractivity contribution in [3.63, 3.8) is 0 Å². The Bertz CT molecular complexity index is 299. The maximum Gasteiger partial charge on any atom is 0.128 e. The van der Waals surface area contributed by atoms with Gasteiger partial charge in [-0.25, -0.2) is 4.39 Å². The van der Waals surface area contributed by atoms with E-state index in [2.05, 4.69) is 15.9 Å². The minimum atomic E-state index is -0.711. The largest absolute Gasteiger partial charge is 0.491 e. The zero-order chi connectivity index (χ0) is 11.3. The summed E-state index contributed by atoms with van der Waals surface area (Å²) in [5.74, 6) is -0.0161. The predicted octanol–water partition coefficient (Wildman–Crippen LogP) is 1.97. The standard InChI is InChI=1S/C10H12BrFO3/c1-14-5-9(13)6-15-10-3-7(11)2-8(12)4-10/h2-4,9,13H,5-6H2,1H3/t9-/m1/s1. The van der Waals surface area contributed by atoms with Crippen LogP contribution in [0.2, 0.25) is 0 Å². The van der Waals surface area contributed by atoms with E-state index in [1.165, 1.54) is 19.2 Å². The third kappa shape index (κ3) is 4.59. The number of hydrogen-bond acceptors (Lipinski definition) is 3. The number of aliphatic hydroxyl groups excluding tert-OH is 1. The van der Waals surface area contributed by atoms with Crippen LogP contribution in [0.15, 0.2) is 22.7 Å². The highest BCUT2D eigenvalue weighted by molar-refractivity contribution is 9.10. The molecule has 0 heterocycles. The van der Waals surface area contributed by atoms with E-state index in [1.807, 2.05) is 0 Å². The first-order valence-electron chi connectivity index (χ1n) is 4.37. The Kier molecular flexibility index (Phi) is 5.01. The highest BCUT2D eigenvalue weighted by Gasteiger charge is 2.05. The van der Waals surface area contributed by atoms with E-state index < -0.39 is 6.10 Å². The van der Waals surface area contributed by atoms with Gasteiger partial charge in [-0.3, -0.25) is 0 Å². The number of rotatable bonds is 5. The summed E-state index contributed by atoms with van der Waals surface area (Å²) in [6, 6.07) is 4.21. The molecular weight excluding hydrogens is 267 g/mol. The van der Waals surface area contributed by atoms with Crippen molar-refractivity contribution >= 4 is 15.9 Å². The molecule has 1 aromatic rings. The lowest BCUT2D eigenvalue weighted by atomic mass is 10.3. The molecule has 1 aromatic carbocycles. The summed E-state index contributed by atoms with van der Waals surface area (Å²) in [5.41, 5.74) is 0. The first kappa shape index (κ1) is 12.4. The lowest BCUT2D eigenvalue weighted by Gasteiger charge is -2.11. The third-order valence-corrected chi connectivity index (χ3v) is 2.10. The Labute approximate surface area is 95.9 Å². The minimum Gasteiger partial charge on any atom is -0.491 e. The van der Waals surface area contributed by atoms with Gasteiger partial charge in [0.2, 0.25) is 0 Å². The maximum atomic E-state index is 12.9. The Morgan fingerprint density at radius 1 is 1.40 bits per heavy atom. The second-order valence-corrected chi connectivity index (χ2v) is 3.94. The molecule has 0 spiro atoms. The monoisotopic (exact) mass is 278 g/mol. The van der Waals surface area contributed by atoms with Crippen molar-refractivity contribution in [3.8, 4) is 5.75 Å². The van der Waals surface area contributed by atoms with Crippen LogP contribution in [0.1, 0.15) is 0 Å². The average molecular weight is 279 g/mol. The SMILES string of the molecule is COC[C@@H](O)COc1cc(F)cc(Br)c1. The molecule has 0 fully saturated rings. The summed E-state index contributed by atoms with van der Waals surface area (Å²) in [6.45, 7) is 0.264. The van der Waals surface area contributed by atoms with Gasteiger partial charge in [0.25, 0.3) is 0 Å². The molecule has 0 aromatic heterocycles. The molecule has 0 aliphatic rings. The van der Waals surface area contributed by atoms with Crippen LogP contribution in [0.25, 0.3) is 0 Å². The van der Waals surface area contributed by atoms with Gasteiger partial charge in [0, 0.05) is 17.6 Å². The Balaban J connectivity index is 2.50. The van der Waals surface area contributed by atoms with Crippen molar-refractivity contribution in [1.82, 2.24) is 0 Å². The van der Waals surface area contributed by atoms with E-state index in [1.54, 1.807) is 6.07 Å². The van der Waals surface area contributed by atoms with Crippen LogP contribution in [-0.2, 0) is 4.74 Å². The van der Waals surface area contributed by atoms with E-state index in [-0.39, 0.29) is 19.0 Å². The van der Waals surface area contributed by atoms with Crippen LogP contribution < -0.4 is 4.74 Å². The van der Waals surface area contributed by atoms with Crippen molar-refractivity contribution in [2.75, 3.05) is 20.3 Å². The van der Waals surface area contributed by atoms with E-state index in [0.29, 0.717) is 10.2 Å². The number of benzene rings is 1. The van der Waals surface area contributed by atoms with Gasteiger partial charge in [-0.15, -0.1) is 0 Å². The normalized spacial score (nSPS) is 12.5. The molecule has 0 saturated carbocycles. The van der Waals surface area contributed by atoms with Crippen LogP contribution in [0.4, 0.5) is 4.39 Å². The van der Waals surface area contributed by atoms with Gasteiger partial charge >= 0.3 is 0 Å². The highest BCUT2D eigenvalue weighted by atomic mass is 79.9. The summed E-state index contributed by atoms with van der Waals surface area (Å²) < 4.78 is 23.4. The fourth-order valence-electron chi connectivity index (χ4n) is 1.04. The Hall–Kier alpha value is -0.650. The highest BCUT2D eigenvalue weighted by Crippen LogP contribution is 2.20. The summed E-state index contributed by atoms with van der Waals surface area (Å²) in [4.78, 5) is 0. The Morgan fingerprint density at radius 2 is 2.13 bits per heavy atom. The quantitative estimate of drug-likeness (QED) is 0.895. The fourth-order valence-corrected chi connectivity index (χ4v) is 1.49. The van der Waals surface area contributed by atoms with E-state index in [9.17, 15) is 9.50 Å². The van der Waals surface area contributed by atoms with Gasteiger partial charge in [-0.05, 0) is 12.1 Å². The maximum absolute atomic E-state index is 12.9. The number of methoxy groups -OCH3 is 1. The molecule has 1 rings (SSSR count). The summed E-state index contributed by atoms with van der Waals surface area (Å²) in [5, 5.41) is 9.29. The molecule has 0 bridgehead atoms. The number of halogens is 2. The van der Waals surface area contributed by atoms with Gasteiger partial charge in [0.05, 0.1) is 6.61 Å². The third-order valence-electron chi connectivity index (χ3n) is 1.64. The van der Waals surface area contributed by atoms with E-state index >= 15 is 0 Å². The molecule has 0 saturated heterocycles. The molecule has 0 unspecified atom stereocenters. The van der Waals surface area contributed by atoms with Crippen LogP contribution in [0.5, 0.6) is 5.75 Å². The lowest BCUT2D eigenvalue weighted by molar-refractivity contribution is 0.0324. The summed E-state index contributed by atoms with van der Waals surface area (Å²) in [6.07, 6.45) is -0.711. The molecule has 84 valence electrons. The van der Waals surface area contributed by atoms with Gasteiger partial charge in [0.1, 0.15) is 24.3 Å². The van der Waals surface area contributed by atoms with Crippen molar-refractivity contribution in [1.29, 1.82) is 0 Å². The smallest absolute Gasteiger partial charge is 0.128 e. The van der Waals surface area contributed by atoms with Crippen LogP contribution in [0.3, 0.4) is 0 Å². The van der Waals surface area contributed by atoms with Crippen molar-refractivity contribution in [3.05, 3.63) is 28.5 Å². The molecule has 5 heteroatoms. The molecular formula is C10H12BrFO3. The first-order chi connectivity index (χ1) is 7.11. The van der Waals surface area contributed by atoms with E-state index in [4.69, 9.17) is 9.47 Å². The summed E-state index contributed by atoms with van der Waals surface area (Å²) >= 11 is 3.14. The van der Waals surface area contributed by atoms with Crippen LogP contribution >= 0.6 is 15.9 Å². The first-order valence-corrected chi connectivity index (χ1v) is 5.17. The lowest BCUT2D eigenvalue weighted by Crippen LogP contribution is -2.22.